The van der Waals surface area contributed by atoms with E-state index in [1.165, 1.54) is 12.1 Å². The summed E-state index contributed by atoms with van der Waals surface area (Å²) in [7, 11) is 0. The lowest BCUT2D eigenvalue weighted by Crippen LogP contribution is -2.39. The first-order valence-electron chi connectivity index (χ1n) is 5.28. The molecule has 0 heterocycles. The quantitative estimate of drug-likeness (QED) is 0.450. The second-order valence-corrected chi connectivity index (χ2v) is 5.40. The van der Waals surface area contributed by atoms with Crippen LogP contribution >= 0.6 is 0 Å². The van der Waals surface area contributed by atoms with E-state index >= 15 is 0 Å². The molecule has 0 aromatic heterocycles. The lowest BCUT2D eigenvalue weighted by molar-refractivity contribution is 0.216. The third kappa shape index (κ3) is 0.918. The Kier molecular flexibility index (Phi) is 1.73. The van der Waals surface area contributed by atoms with E-state index in [2.05, 4.69) is 32.8 Å². The van der Waals surface area contributed by atoms with Crippen LogP contribution < -0.4 is 5.84 Å². The van der Waals surface area contributed by atoms with E-state index in [1.54, 1.807) is 0 Å². The molecule has 0 aliphatic heterocycles. The van der Waals surface area contributed by atoms with E-state index in [9.17, 15) is 0 Å². The molecule has 2 saturated carbocycles. The zero-order valence-corrected chi connectivity index (χ0v) is 9.04. The molecule has 2 rings (SSSR count). The van der Waals surface area contributed by atoms with Crippen LogP contribution in [0.25, 0.3) is 0 Å². The van der Waals surface area contributed by atoms with Crippen LogP contribution in [0.4, 0.5) is 0 Å². The smallest absolute Gasteiger partial charge is 0.0468 e. The van der Waals surface area contributed by atoms with Crippen LogP contribution in [-0.4, -0.2) is 5.71 Å². The van der Waals surface area contributed by atoms with Crippen molar-refractivity contribution in [1.29, 1.82) is 0 Å². The summed E-state index contributed by atoms with van der Waals surface area (Å²) in [4.78, 5) is 0. The fourth-order valence-corrected chi connectivity index (χ4v) is 3.68. The monoisotopic (exact) mass is 180 g/mol. The summed E-state index contributed by atoms with van der Waals surface area (Å²) in [5.41, 5.74) is 1.52. The van der Waals surface area contributed by atoms with E-state index in [4.69, 9.17) is 5.84 Å². The molecule has 13 heavy (non-hydrogen) atoms. The Labute approximate surface area is 80.6 Å². The summed E-state index contributed by atoms with van der Waals surface area (Å²) in [6.45, 7) is 9.32. The predicted molar refractivity (Wildman–Crippen MR) is 55.3 cm³/mol. The highest BCUT2D eigenvalue weighted by molar-refractivity contribution is 5.95. The molecule has 74 valence electrons. The van der Waals surface area contributed by atoms with Gasteiger partial charge in [-0.1, -0.05) is 27.7 Å². The number of rotatable bonds is 0. The maximum atomic E-state index is 5.49. The highest BCUT2D eigenvalue weighted by Gasteiger charge is 2.57. The second kappa shape index (κ2) is 2.49. The summed E-state index contributed by atoms with van der Waals surface area (Å²) in [6.07, 6.45) is 1.31. The first-order valence-corrected chi connectivity index (χ1v) is 5.28. The van der Waals surface area contributed by atoms with Gasteiger partial charge in [0.2, 0.25) is 0 Å². The summed E-state index contributed by atoms with van der Waals surface area (Å²) >= 11 is 0. The average Bonchev–Trinajstić information content (AvgIpc) is 2.47. The summed E-state index contributed by atoms with van der Waals surface area (Å²) in [5, 5.41) is 4.02. The molecule has 2 aliphatic rings. The fourth-order valence-electron chi connectivity index (χ4n) is 3.68. The first-order chi connectivity index (χ1) is 6.00. The number of nitrogens with zero attached hydrogens (tertiary/aromatic N) is 1. The van der Waals surface area contributed by atoms with E-state index in [0.29, 0.717) is 5.92 Å². The van der Waals surface area contributed by atoms with E-state index in [1.807, 2.05) is 0 Å². The van der Waals surface area contributed by atoms with Crippen molar-refractivity contribution in [3.05, 3.63) is 0 Å². The van der Waals surface area contributed by atoms with Gasteiger partial charge in [-0.05, 0) is 24.2 Å². The minimum absolute atomic E-state index is 0.255. The molecule has 2 nitrogen and oxygen atoms in total. The Morgan fingerprint density at radius 2 is 1.92 bits per heavy atom. The first kappa shape index (κ1) is 9.04. The number of hydrazone groups is 1. The molecular weight excluding hydrogens is 160 g/mol. The number of hydrogen-bond donors (Lipinski definition) is 1. The highest BCUT2D eigenvalue weighted by Crippen LogP contribution is 2.58. The van der Waals surface area contributed by atoms with Gasteiger partial charge in [0.25, 0.3) is 0 Å². The number of hydrogen-bond acceptors (Lipinski definition) is 2. The molecule has 0 radical (unpaired) electrons. The molecule has 0 amide bonds. The Morgan fingerprint density at radius 1 is 1.31 bits per heavy atom. The molecule has 2 fully saturated rings. The normalized spacial score (nSPS) is 50.3. The molecule has 2 heteroatoms. The van der Waals surface area contributed by atoms with Gasteiger partial charge in [0, 0.05) is 17.0 Å². The van der Waals surface area contributed by atoms with E-state index in [0.717, 1.165) is 17.8 Å². The molecule has 4 atom stereocenters. The SMILES string of the molecule is C[C@@H]1[C@H](C)[C@H]2C[C@@H]1/C(=N\N)C2(C)C. The Bertz CT molecular complexity index is 255. The van der Waals surface area contributed by atoms with Crippen LogP contribution in [-0.2, 0) is 0 Å². The third-order valence-electron chi connectivity index (χ3n) is 4.68. The van der Waals surface area contributed by atoms with Gasteiger partial charge in [-0.2, -0.15) is 5.10 Å². The van der Waals surface area contributed by atoms with Crippen LogP contribution in [0.5, 0.6) is 0 Å². The van der Waals surface area contributed by atoms with Gasteiger partial charge in [0.15, 0.2) is 0 Å². The largest absolute Gasteiger partial charge is 0.323 e. The third-order valence-corrected chi connectivity index (χ3v) is 4.68. The fraction of sp³-hybridized carbons (Fsp3) is 0.909. The van der Waals surface area contributed by atoms with Crippen molar-refractivity contribution in [1.82, 2.24) is 0 Å². The topological polar surface area (TPSA) is 38.4 Å². The summed E-state index contributed by atoms with van der Waals surface area (Å²) < 4.78 is 0. The maximum absolute atomic E-state index is 5.49. The molecular formula is C11H20N2. The molecule has 2 bridgehead atoms. The molecule has 0 unspecified atom stereocenters. The van der Waals surface area contributed by atoms with E-state index < -0.39 is 0 Å². The van der Waals surface area contributed by atoms with Gasteiger partial charge in [0.05, 0.1) is 0 Å². The van der Waals surface area contributed by atoms with Gasteiger partial charge in [-0.3, -0.25) is 0 Å². The van der Waals surface area contributed by atoms with Crippen LogP contribution in [0, 0.1) is 29.1 Å². The minimum Gasteiger partial charge on any atom is -0.323 e. The molecule has 2 aliphatic carbocycles. The van der Waals surface area contributed by atoms with Gasteiger partial charge < -0.3 is 5.84 Å². The molecule has 0 aromatic rings. The standard InChI is InChI=1S/C11H20N2/c1-6-7(2)9-5-8(6)10(13-12)11(9,3)4/h6-9H,5,12H2,1-4H3/b13-10+/t6-,7+,8+,9-/m1/s1. The van der Waals surface area contributed by atoms with Crippen LogP contribution in [0.3, 0.4) is 0 Å². The van der Waals surface area contributed by atoms with Crippen LogP contribution in [0.15, 0.2) is 5.10 Å². The summed E-state index contributed by atoms with van der Waals surface area (Å²) in [5.74, 6) is 8.58. The minimum atomic E-state index is 0.255. The zero-order valence-electron chi connectivity index (χ0n) is 9.04. The molecule has 2 N–H and O–H groups in total. The molecule has 0 aromatic carbocycles. The molecule has 0 spiro atoms. The van der Waals surface area contributed by atoms with Crippen molar-refractivity contribution in [2.75, 3.05) is 0 Å². The lowest BCUT2D eigenvalue weighted by atomic mass is 9.67. The Morgan fingerprint density at radius 3 is 2.38 bits per heavy atom. The van der Waals surface area contributed by atoms with Crippen molar-refractivity contribution in [2.45, 2.75) is 34.1 Å². The van der Waals surface area contributed by atoms with Crippen molar-refractivity contribution in [3.8, 4) is 0 Å². The van der Waals surface area contributed by atoms with Gasteiger partial charge in [0.1, 0.15) is 0 Å². The van der Waals surface area contributed by atoms with Crippen molar-refractivity contribution in [3.63, 3.8) is 0 Å². The van der Waals surface area contributed by atoms with Crippen molar-refractivity contribution in [2.24, 2.45) is 40.0 Å². The van der Waals surface area contributed by atoms with Gasteiger partial charge in [-0.15, -0.1) is 0 Å². The number of fused-ring (bicyclic) bond motifs is 2. The van der Waals surface area contributed by atoms with Gasteiger partial charge in [-0.25, -0.2) is 0 Å². The molecule has 0 saturated heterocycles. The van der Waals surface area contributed by atoms with Crippen LogP contribution in [0.2, 0.25) is 0 Å². The lowest BCUT2D eigenvalue weighted by Gasteiger charge is -2.38. The zero-order chi connectivity index (χ0) is 9.80. The van der Waals surface area contributed by atoms with Crippen LogP contribution in [0.1, 0.15) is 34.1 Å². The van der Waals surface area contributed by atoms with E-state index in [-0.39, 0.29) is 5.41 Å². The predicted octanol–water partition coefficient (Wildman–Crippen LogP) is 2.25. The number of nitrogens with two attached hydrogens (primary N) is 1. The Balaban J connectivity index is 2.39. The van der Waals surface area contributed by atoms with Crippen molar-refractivity contribution < 1.29 is 0 Å². The highest BCUT2D eigenvalue weighted by atomic mass is 15.1. The van der Waals surface area contributed by atoms with Crippen molar-refractivity contribution >= 4 is 5.71 Å². The maximum Gasteiger partial charge on any atom is 0.0468 e. The summed E-state index contributed by atoms with van der Waals surface area (Å²) in [6, 6.07) is 0. The van der Waals surface area contributed by atoms with Gasteiger partial charge >= 0.3 is 0 Å². The average molecular weight is 180 g/mol. The Hall–Kier alpha value is -0.530. The second-order valence-electron chi connectivity index (χ2n) is 5.40.